The van der Waals surface area contributed by atoms with Crippen LogP contribution < -0.4 is 5.56 Å². The average molecular weight is 505 g/mol. The molecule has 0 spiro atoms. The summed E-state index contributed by atoms with van der Waals surface area (Å²) in [6.45, 7) is 0.582. The number of hydrogen-bond acceptors (Lipinski definition) is 4. The molecule has 190 valence electrons. The standard InChI is InChI=1S/C31H28N4O3/c36-30-26-11-4-6-12-27(26)33-29(22-8-2-1-3-9-22)35(30)32-18-24-20-34(28-13-7-5-10-25(24)28)19-21-14-16-23(17-15-21)31(37)38/h4-7,10-18,20,22H,1-3,8-9,19H2,(H,37,38). The van der Waals surface area contributed by atoms with Gasteiger partial charge in [-0.25, -0.2) is 9.78 Å². The number of aromatic carboxylic acids is 1. The first-order valence-corrected chi connectivity index (χ1v) is 13.0. The molecular formula is C31H28N4O3. The summed E-state index contributed by atoms with van der Waals surface area (Å²) in [5, 5.41) is 15.5. The average Bonchev–Trinajstić information content (AvgIpc) is 3.30. The maximum Gasteiger partial charge on any atom is 0.335 e. The zero-order chi connectivity index (χ0) is 26.1. The van der Waals surface area contributed by atoms with Crippen LogP contribution in [-0.4, -0.2) is 31.5 Å². The van der Waals surface area contributed by atoms with Gasteiger partial charge in [0.05, 0.1) is 22.7 Å². The molecule has 0 saturated heterocycles. The topological polar surface area (TPSA) is 89.5 Å². The summed E-state index contributed by atoms with van der Waals surface area (Å²) in [6.07, 6.45) is 9.31. The van der Waals surface area contributed by atoms with Crippen molar-refractivity contribution in [1.82, 2.24) is 14.2 Å². The minimum absolute atomic E-state index is 0.144. The van der Waals surface area contributed by atoms with Crippen molar-refractivity contribution in [3.63, 3.8) is 0 Å². The van der Waals surface area contributed by atoms with E-state index < -0.39 is 5.97 Å². The maximum atomic E-state index is 13.6. The zero-order valence-corrected chi connectivity index (χ0v) is 21.0. The Bertz CT molecular complexity index is 1720. The van der Waals surface area contributed by atoms with E-state index in [-0.39, 0.29) is 17.0 Å². The zero-order valence-electron chi connectivity index (χ0n) is 21.0. The van der Waals surface area contributed by atoms with Crippen LogP contribution in [0.5, 0.6) is 0 Å². The summed E-state index contributed by atoms with van der Waals surface area (Å²) in [5.74, 6) is 0.0210. The van der Waals surface area contributed by atoms with Gasteiger partial charge in [0.25, 0.3) is 5.56 Å². The lowest BCUT2D eigenvalue weighted by Crippen LogP contribution is -2.25. The van der Waals surface area contributed by atoms with Crippen LogP contribution in [0.4, 0.5) is 0 Å². The van der Waals surface area contributed by atoms with Crippen molar-refractivity contribution in [3.8, 4) is 0 Å². The van der Waals surface area contributed by atoms with Crippen molar-refractivity contribution >= 4 is 34.0 Å². The number of nitrogens with zero attached hydrogens (tertiary/aromatic N) is 4. The molecule has 1 N–H and O–H groups in total. The van der Waals surface area contributed by atoms with Gasteiger partial charge in [-0.3, -0.25) is 4.79 Å². The highest BCUT2D eigenvalue weighted by atomic mass is 16.4. The van der Waals surface area contributed by atoms with Crippen molar-refractivity contribution in [3.05, 3.63) is 112 Å². The fourth-order valence-electron chi connectivity index (χ4n) is 5.46. The Hall–Kier alpha value is -4.52. The third-order valence-corrected chi connectivity index (χ3v) is 7.43. The Labute approximate surface area is 219 Å². The number of fused-ring (bicyclic) bond motifs is 2. The number of carboxylic acids is 1. The summed E-state index contributed by atoms with van der Waals surface area (Å²) >= 11 is 0. The lowest BCUT2D eigenvalue weighted by Gasteiger charge is -2.22. The third-order valence-electron chi connectivity index (χ3n) is 7.43. The summed E-state index contributed by atoms with van der Waals surface area (Å²) in [7, 11) is 0. The summed E-state index contributed by atoms with van der Waals surface area (Å²) in [5.41, 5.74) is 3.77. The Morgan fingerprint density at radius 2 is 1.66 bits per heavy atom. The van der Waals surface area contributed by atoms with Gasteiger partial charge in [-0.1, -0.05) is 61.7 Å². The first kappa shape index (κ1) is 23.9. The minimum atomic E-state index is -0.938. The summed E-state index contributed by atoms with van der Waals surface area (Å²) in [6, 6.07) is 22.5. The van der Waals surface area contributed by atoms with Crippen molar-refractivity contribution in [2.24, 2.45) is 5.10 Å². The molecule has 1 aliphatic rings. The van der Waals surface area contributed by atoms with Gasteiger partial charge in [0.2, 0.25) is 0 Å². The molecule has 0 atom stereocenters. The molecule has 7 nitrogen and oxygen atoms in total. The van der Waals surface area contributed by atoms with E-state index in [0.29, 0.717) is 11.9 Å². The van der Waals surface area contributed by atoms with Crippen LogP contribution >= 0.6 is 0 Å². The van der Waals surface area contributed by atoms with E-state index in [9.17, 15) is 14.7 Å². The molecule has 2 heterocycles. The largest absolute Gasteiger partial charge is 0.478 e. The second kappa shape index (κ2) is 10.1. The normalized spacial score (nSPS) is 14.5. The number of aromatic nitrogens is 3. The first-order valence-electron chi connectivity index (χ1n) is 13.0. The van der Waals surface area contributed by atoms with E-state index in [1.54, 1.807) is 18.3 Å². The SMILES string of the molecule is O=C(O)c1ccc(Cn2cc(C=Nn3c(C4CCCCC4)nc4ccccc4c3=O)c3ccccc32)cc1. The molecule has 0 amide bonds. The monoisotopic (exact) mass is 504 g/mol. The van der Waals surface area contributed by atoms with Crippen LogP contribution in [0, 0.1) is 0 Å². The lowest BCUT2D eigenvalue weighted by atomic mass is 9.88. The van der Waals surface area contributed by atoms with E-state index in [0.717, 1.165) is 59.1 Å². The molecular weight excluding hydrogens is 476 g/mol. The molecule has 1 aliphatic carbocycles. The molecule has 0 unspecified atom stereocenters. The van der Waals surface area contributed by atoms with Gasteiger partial charge in [0.15, 0.2) is 0 Å². The number of benzene rings is 3. The first-order chi connectivity index (χ1) is 18.6. The number of hydrogen-bond donors (Lipinski definition) is 1. The maximum absolute atomic E-state index is 13.6. The highest BCUT2D eigenvalue weighted by Gasteiger charge is 2.22. The molecule has 0 bridgehead atoms. The van der Waals surface area contributed by atoms with E-state index in [1.165, 1.54) is 11.1 Å². The predicted octanol–water partition coefficient (Wildman–Crippen LogP) is 6.03. The van der Waals surface area contributed by atoms with Crippen LogP contribution in [0.3, 0.4) is 0 Å². The molecule has 3 aromatic carbocycles. The second-order valence-electron chi connectivity index (χ2n) is 9.92. The molecule has 6 rings (SSSR count). The minimum Gasteiger partial charge on any atom is -0.478 e. The Morgan fingerprint density at radius 1 is 0.947 bits per heavy atom. The van der Waals surface area contributed by atoms with E-state index >= 15 is 0 Å². The van der Waals surface area contributed by atoms with Crippen LogP contribution in [0.2, 0.25) is 0 Å². The van der Waals surface area contributed by atoms with Crippen molar-refractivity contribution in [2.45, 2.75) is 44.6 Å². The van der Waals surface area contributed by atoms with E-state index in [2.05, 4.69) is 10.6 Å². The summed E-state index contributed by atoms with van der Waals surface area (Å²) in [4.78, 5) is 29.7. The fraction of sp³-hybridized carbons (Fsp3) is 0.226. The van der Waals surface area contributed by atoms with Gasteiger partial charge in [0.1, 0.15) is 5.82 Å². The smallest absolute Gasteiger partial charge is 0.335 e. The Morgan fingerprint density at radius 3 is 2.42 bits per heavy atom. The molecule has 5 aromatic rings. The van der Waals surface area contributed by atoms with Gasteiger partial charge >= 0.3 is 5.97 Å². The molecule has 38 heavy (non-hydrogen) atoms. The number of carbonyl (C=O) groups is 1. The van der Waals surface area contributed by atoms with Crippen LogP contribution in [0.1, 0.15) is 65.3 Å². The highest BCUT2D eigenvalue weighted by Crippen LogP contribution is 2.32. The van der Waals surface area contributed by atoms with Gasteiger partial charge in [-0.2, -0.15) is 9.78 Å². The van der Waals surface area contributed by atoms with Gasteiger partial charge in [0, 0.05) is 35.1 Å². The fourth-order valence-corrected chi connectivity index (χ4v) is 5.46. The third kappa shape index (κ3) is 4.52. The van der Waals surface area contributed by atoms with Crippen LogP contribution in [-0.2, 0) is 6.54 Å². The number of carboxylic acid groups (broad SMARTS) is 1. The van der Waals surface area contributed by atoms with Gasteiger partial charge in [-0.05, 0) is 48.7 Å². The van der Waals surface area contributed by atoms with E-state index in [1.807, 2.05) is 60.8 Å². The number of para-hydroxylation sites is 2. The van der Waals surface area contributed by atoms with Gasteiger partial charge in [-0.15, -0.1) is 0 Å². The molecule has 1 saturated carbocycles. The molecule has 1 fully saturated rings. The highest BCUT2D eigenvalue weighted by molar-refractivity contribution is 5.99. The van der Waals surface area contributed by atoms with Gasteiger partial charge < -0.3 is 9.67 Å². The second-order valence-corrected chi connectivity index (χ2v) is 9.92. The predicted molar refractivity (Wildman–Crippen MR) is 149 cm³/mol. The Balaban J connectivity index is 1.41. The molecule has 2 aromatic heterocycles. The quantitative estimate of drug-likeness (QED) is 0.286. The van der Waals surface area contributed by atoms with Crippen molar-refractivity contribution in [1.29, 1.82) is 0 Å². The number of rotatable bonds is 6. The van der Waals surface area contributed by atoms with Crippen molar-refractivity contribution in [2.75, 3.05) is 0 Å². The Kier molecular flexibility index (Phi) is 6.33. The molecule has 0 aliphatic heterocycles. The summed E-state index contributed by atoms with van der Waals surface area (Å²) < 4.78 is 3.63. The van der Waals surface area contributed by atoms with Crippen LogP contribution in [0.25, 0.3) is 21.8 Å². The molecule has 7 heteroatoms. The van der Waals surface area contributed by atoms with E-state index in [4.69, 9.17) is 10.1 Å². The molecule has 0 radical (unpaired) electrons. The van der Waals surface area contributed by atoms with Crippen LogP contribution in [0.15, 0.2) is 88.9 Å². The lowest BCUT2D eigenvalue weighted by molar-refractivity contribution is 0.0697. The van der Waals surface area contributed by atoms with Crippen molar-refractivity contribution < 1.29 is 9.90 Å².